The molecule has 3 aromatic rings. The zero-order chi connectivity index (χ0) is 23.4. The molecular formula is C25H27FN4O2S. The van der Waals surface area contributed by atoms with Gasteiger partial charge in [0.1, 0.15) is 11.6 Å². The number of rotatable bonds is 6. The third kappa shape index (κ3) is 4.95. The largest absolute Gasteiger partial charge is 0.497 e. The van der Waals surface area contributed by atoms with Crippen molar-refractivity contribution in [3.8, 4) is 17.0 Å². The van der Waals surface area contributed by atoms with Gasteiger partial charge < -0.3 is 14.5 Å². The first kappa shape index (κ1) is 23.0. The molecule has 1 aliphatic heterocycles. The van der Waals surface area contributed by atoms with Crippen LogP contribution in [0.4, 0.5) is 16.0 Å². The van der Waals surface area contributed by atoms with Gasteiger partial charge in [0.15, 0.2) is 0 Å². The second kappa shape index (κ2) is 10.2. The molecule has 0 spiro atoms. The molecule has 0 radical (unpaired) electrons. The molecule has 0 aliphatic carbocycles. The van der Waals surface area contributed by atoms with Crippen LogP contribution >= 0.6 is 11.8 Å². The van der Waals surface area contributed by atoms with E-state index >= 15 is 0 Å². The molecule has 33 heavy (non-hydrogen) atoms. The van der Waals surface area contributed by atoms with Crippen molar-refractivity contribution in [1.29, 1.82) is 0 Å². The summed E-state index contributed by atoms with van der Waals surface area (Å²) in [6, 6.07) is 13.6. The zero-order valence-electron chi connectivity index (χ0n) is 19.0. The summed E-state index contributed by atoms with van der Waals surface area (Å²) in [6.45, 7) is 5.49. The first-order chi connectivity index (χ1) is 16.0. The van der Waals surface area contributed by atoms with Gasteiger partial charge in [0.2, 0.25) is 5.95 Å². The van der Waals surface area contributed by atoms with Crippen LogP contribution < -0.4 is 14.5 Å². The van der Waals surface area contributed by atoms with E-state index in [0.29, 0.717) is 23.1 Å². The Morgan fingerprint density at radius 2 is 1.91 bits per heavy atom. The highest BCUT2D eigenvalue weighted by atomic mass is 32.2. The first-order valence-corrected chi connectivity index (χ1v) is 12.1. The summed E-state index contributed by atoms with van der Waals surface area (Å²) >= 11 is 1.88. The van der Waals surface area contributed by atoms with Crippen molar-refractivity contribution >= 4 is 29.3 Å². The topological polar surface area (TPSA) is 58.6 Å². The molecule has 1 saturated heterocycles. The van der Waals surface area contributed by atoms with E-state index in [1.165, 1.54) is 12.3 Å². The molecule has 0 saturated carbocycles. The number of benzene rings is 2. The molecular weight excluding hydrogens is 439 g/mol. The fraction of sp³-hybridized carbons (Fsp3) is 0.320. The molecule has 6 nitrogen and oxygen atoms in total. The molecule has 4 rings (SSSR count). The summed E-state index contributed by atoms with van der Waals surface area (Å²) in [6.07, 6.45) is 1.53. The molecule has 8 heteroatoms. The molecule has 0 N–H and O–H groups in total. The van der Waals surface area contributed by atoms with Crippen LogP contribution in [0.5, 0.6) is 5.75 Å². The number of carbonyl (C=O) groups excluding carboxylic acids is 1. The van der Waals surface area contributed by atoms with Crippen molar-refractivity contribution in [2.75, 3.05) is 41.5 Å². The Morgan fingerprint density at radius 1 is 1.15 bits per heavy atom. The van der Waals surface area contributed by atoms with Gasteiger partial charge in [-0.2, -0.15) is 11.8 Å². The van der Waals surface area contributed by atoms with Crippen LogP contribution in [0.25, 0.3) is 11.3 Å². The Hall–Kier alpha value is -3.13. The Kier molecular flexibility index (Phi) is 7.13. The molecule has 0 atom stereocenters. The molecule has 2 heterocycles. The number of halogens is 1. The van der Waals surface area contributed by atoms with Gasteiger partial charge in [0, 0.05) is 54.2 Å². The summed E-state index contributed by atoms with van der Waals surface area (Å²) in [5.41, 5.74) is 1.53. The van der Waals surface area contributed by atoms with Crippen molar-refractivity contribution in [2.24, 2.45) is 0 Å². The SMILES string of the molecule is COc1cccc(N(C(=O)c2cnc(N3CCSCC3)nc2-c2ccccc2F)C(C)C)c1. The lowest BCUT2D eigenvalue weighted by Gasteiger charge is -2.29. The van der Waals surface area contributed by atoms with E-state index in [1.54, 1.807) is 36.3 Å². The monoisotopic (exact) mass is 466 g/mol. The maximum Gasteiger partial charge on any atom is 0.262 e. The summed E-state index contributed by atoms with van der Waals surface area (Å²) in [7, 11) is 1.59. The molecule has 1 amide bonds. The lowest BCUT2D eigenvalue weighted by molar-refractivity contribution is 0.0980. The highest BCUT2D eigenvalue weighted by Gasteiger charge is 2.27. The fourth-order valence-corrected chi connectivity index (χ4v) is 4.75. The van der Waals surface area contributed by atoms with E-state index in [2.05, 4.69) is 9.88 Å². The van der Waals surface area contributed by atoms with Crippen LogP contribution in [0.2, 0.25) is 0 Å². The smallest absolute Gasteiger partial charge is 0.262 e. The van der Waals surface area contributed by atoms with Crippen LogP contribution in [0.1, 0.15) is 24.2 Å². The van der Waals surface area contributed by atoms with Crippen LogP contribution in [-0.4, -0.2) is 53.6 Å². The Bertz CT molecular complexity index is 1130. The molecule has 0 unspecified atom stereocenters. The molecule has 172 valence electrons. The molecule has 1 aliphatic rings. The van der Waals surface area contributed by atoms with Crippen LogP contribution in [0.15, 0.2) is 54.7 Å². The lowest BCUT2D eigenvalue weighted by atomic mass is 10.0. The highest BCUT2D eigenvalue weighted by Crippen LogP contribution is 2.30. The van der Waals surface area contributed by atoms with Crippen molar-refractivity contribution < 1.29 is 13.9 Å². The maximum atomic E-state index is 14.9. The standard InChI is InChI=1S/C25H27FN4O2S/c1-17(2)30(18-7-6-8-19(15-18)32-3)24(31)21-16-27-25(29-11-13-33-14-12-29)28-23(21)20-9-4-5-10-22(20)26/h4-10,15-17H,11-14H2,1-3H3. The normalized spacial score (nSPS) is 13.8. The first-order valence-electron chi connectivity index (χ1n) is 10.9. The maximum absolute atomic E-state index is 14.9. The van der Waals surface area contributed by atoms with E-state index in [0.717, 1.165) is 24.6 Å². The number of carbonyl (C=O) groups is 1. The lowest BCUT2D eigenvalue weighted by Crippen LogP contribution is -2.38. The second-order valence-corrected chi connectivity index (χ2v) is 9.21. The Balaban J connectivity index is 1.82. The van der Waals surface area contributed by atoms with Gasteiger partial charge in [-0.15, -0.1) is 0 Å². The third-order valence-corrected chi connectivity index (χ3v) is 6.44. The molecule has 1 aromatic heterocycles. The van der Waals surface area contributed by atoms with Crippen molar-refractivity contribution in [1.82, 2.24) is 9.97 Å². The zero-order valence-corrected chi connectivity index (χ0v) is 19.8. The van der Waals surface area contributed by atoms with Crippen molar-refractivity contribution in [2.45, 2.75) is 19.9 Å². The van der Waals surface area contributed by atoms with Crippen LogP contribution in [0.3, 0.4) is 0 Å². The summed E-state index contributed by atoms with van der Waals surface area (Å²) < 4.78 is 20.2. The van der Waals surface area contributed by atoms with E-state index in [9.17, 15) is 9.18 Å². The predicted octanol–water partition coefficient (Wildman–Crippen LogP) is 4.90. The average Bonchev–Trinajstić information content (AvgIpc) is 2.84. The van der Waals surface area contributed by atoms with Gasteiger partial charge in [-0.1, -0.05) is 18.2 Å². The van der Waals surface area contributed by atoms with Crippen molar-refractivity contribution in [3.05, 3.63) is 66.1 Å². The van der Waals surface area contributed by atoms with Crippen LogP contribution in [0, 0.1) is 5.82 Å². The minimum absolute atomic E-state index is 0.156. The van der Waals surface area contributed by atoms with Gasteiger partial charge in [-0.05, 0) is 38.1 Å². The number of amides is 1. The number of hydrogen-bond donors (Lipinski definition) is 0. The average molecular weight is 467 g/mol. The number of hydrogen-bond acceptors (Lipinski definition) is 6. The predicted molar refractivity (Wildman–Crippen MR) is 132 cm³/mol. The third-order valence-electron chi connectivity index (χ3n) is 5.50. The van der Waals surface area contributed by atoms with E-state index in [-0.39, 0.29) is 23.1 Å². The van der Waals surface area contributed by atoms with Crippen LogP contribution in [-0.2, 0) is 0 Å². The fourth-order valence-electron chi connectivity index (χ4n) is 3.84. The minimum atomic E-state index is -0.428. The number of aromatic nitrogens is 2. The van der Waals surface area contributed by atoms with E-state index in [4.69, 9.17) is 9.72 Å². The number of anilines is 2. The Morgan fingerprint density at radius 3 is 2.61 bits per heavy atom. The summed E-state index contributed by atoms with van der Waals surface area (Å²) in [4.78, 5) is 26.8. The summed E-state index contributed by atoms with van der Waals surface area (Å²) in [5, 5.41) is 0. The van der Waals surface area contributed by atoms with E-state index < -0.39 is 5.82 Å². The van der Waals surface area contributed by atoms with Gasteiger partial charge in [0.05, 0.1) is 18.4 Å². The van der Waals surface area contributed by atoms with Gasteiger partial charge >= 0.3 is 0 Å². The molecule has 0 bridgehead atoms. The van der Waals surface area contributed by atoms with Gasteiger partial charge in [-0.3, -0.25) is 4.79 Å². The number of methoxy groups -OCH3 is 1. The number of nitrogens with zero attached hydrogens (tertiary/aromatic N) is 4. The second-order valence-electron chi connectivity index (χ2n) is 7.98. The highest BCUT2D eigenvalue weighted by molar-refractivity contribution is 7.99. The number of ether oxygens (including phenoxy) is 1. The number of thioether (sulfide) groups is 1. The quantitative estimate of drug-likeness (QED) is 0.515. The Labute approximate surface area is 197 Å². The van der Waals surface area contributed by atoms with Gasteiger partial charge in [-0.25, -0.2) is 14.4 Å². The van der Waals surface area contributed by atoms with Crippen molar-refractivity contribution in [3.63, 3.8) is 0 Å². The summed E-state index contributed by atoms with van der Waals surface area (Å²) in [5.74, 6) is 2.41. The molecule has 1 fully saturated rings. The van der Waals surface area contributed by atoms with E-state index in [1.807, 2.05) is 43.8 Å². The molecule has 2 aromatic carbocycles. The minimum Gasteiger partial charge on any atom is -0.497 e. The van der Waals surface area contributed by atoms with Gasteiger partial charge in [0.25, 0.3) is 5.91 Å².